The molecule has 0 unspecified atom stereocenters. The van der Waals surface area contributed by atoms with Gasteiger partial charge in [-0.15, -0.1) is 0 Å². The van der Waals surface area contributed by atoms with Crippen molar-refractivity contribution >= 4 is 27.5 Å². The second kappa shape index (κ2) is 8.36. The topological polar surface area (TPSA) is 54.4 Å². The molecule has 0 saturated heterocycles. The molecule has 0 aromatic heterocycles. The lowest BCUT2D eigenvalue weighted by Gasteiger charge is -2.51. The smallest absolute Gasteiger partial charge is 0.162 e. The molecule has 0 bridgehead atoms. The Morgan fingerprint density at radius 1 is 1.18 bits per heavy atom. The SMILES string of the molecule is CCC(=O)c1ccc([C@@H]2CC(=O)C=C3CC[C@@H]4C(=C32)CC[C@@]2(C)[C@H]4CC[C@@]2(O)C#CBr)cc1. The lowest BCUT2D eigenvalue weighted by atomic mass is 9.54. The van der Waals surface area contributed by atoms with Crippen molar-refractivity contribution in [2.24, 2.45) is 17.3 Å². The second-order valence-corrected chi connectivity index (χ2v) is 10.9. The van der Waals surface area contributed by atoms with Crippen molar-refractivity contribution in [3.63, 3.8) is 0 Å². The molecule has 2 saturated carbocycles. The Morgan fingerprint density at radius 2 is 1.94 bits per heavy atom. The number of carbonyl (C=O) groups is 2. The number of halogens is 1. The molecule has 4 heteroatoms. The van der Waals surface area contributed by atoms with Gasteiger partial charge in [0.1, 0.15) is 5.60 Å². The molecule has 0 radical (unpaired) electrons. The van der Waals surface area contributed by atoms with E-state index < -0.39 is 5.60 Å². The normalized spacial score (nSPS) is 35.1. The van der Waals surface area contributed by atoms with Gasteiger partial charge in [-0.05, 0) is 78.0 Å². The summed E-state index contributed by atoms with van der Waals surface area (Å²) in [6, 6.07) is 7.94. The van der Waals surface area contributed by atoms with Gasteiger partial charge in [-0.3, -0.25) is 9.59 Å². The average molecular weight is 507 g/mol. The van der Waals surface area contributed by atoms with E-state index in [0.29, 0.717) is 24.7 Å². The maximum atomic E-state index is 12.7. The van der Waals surface area contributed by atoms with Crippen LogP contribution in [0.4, 0.5) is 0 Å². The largest absolute Gasteiger partial charge is 0.377 e. The first-order chi connectivity index (χ1) is 15.8. The molecule has 0 heterocycles. The molecule has 1 N–H and O–H groups in total. The monoisotopic (exact) mass is 506 g/mol. The Kier molecular flexibility index (Phi) is 5.78. The fourth-order valence-electron chi connectivity index (χ4n) is 7.32. The molecule has 1 aromatic carbocycles. The van der Waals surface area contributed by atoms with Crippen LogP contribution in [0.15, 0.2) is 47.1 Å². The van der Waals surface area contributed by atoms with E-state index in [4.69, 9.17) is 0 Å². The number of aliphatic hydroxyl groups is 1. The maximum absolute atomic E-state index is 12.7. The predicted molar refractivity (Wildman–Crippen MR) is 133 cm³/mol. The predicted octanol–water partition coefficient (Wildman–Crippen LogP) is 6.27. The van der Waals surface area contributed by atoms with Crippen molar-refractivity contribution in [3.8, 4) is 10.8 Å². The van der Waals surface area contributed by atoms with Crippen LogP contribution in [0.3, 0.4) is 0 Å². The Balaban J connectivity index is 1.56. The van der Waals surface area contributed by atoms with E-state index >= 15 is 0 Å². The van der Waals surface area contributed by atoms with Crippen LogP contribution in [-0.2, 0) is 4.79 Å². The first-order valence-electron chi connectivity index (χ1n) is 12.3. The van der Waals surface area contributed by atoms with Crippen molar-refractivity contribution < 1.29 is 14.7 Å². The summed E-state index contributed by atoms with van der Waals surface area (Å²) in [6.45, 7) is 4.12. The molecule has 0 spiro atoms. The number of benzene rings is 1. The van der Waals surface area contributed by atoms with Crippen LogP contribution in [0.1, 0.15) is 87.1 Å². The van der Waals surface area contributed by atoms with E-state index in [-0.39, 0.29) is 22.9 Å². The molecular weight excluding hydrogens is 476 g/mol. The Labute approximate surface area is 204 Å². The summed E-state index contributed by atoms with van der Waals surface area (Å²) in [5, 5.41) is 11.4. The summed E-state index contributed by atoms with van der Waals surface area (Å²) < 4.78 is 0. The molecule has 3 nitrogen and oxygen atoms in total. The third-order valence-corrected chi connectivity index (χ3v) is 9.34. The highest BCUT2D eigenvalue weighted by Gasteiger charge is 2.60. The Morgan fingerprint density at radius 3 is 2.64 bits per heavy atom. The van der Waals surface area contributed by atoms with Gasteiger partial charge >= 0.3 is 0 Å². The zero-order valence-corrected chi connectivity index (χ0v) is 21.0. The van der Waals surface area contributed by atoms with Gasteiger partial charge in [-0.25, -0.2) is 0 Å². The van der Waals surface area contributed by atoms with Crippen LogP contribution in [-0.4, -0.2) is 22.3 Å². The molecule has 5 rings (SSSR count). The van der Waals surface area contributed by atoms with Gasteiger partial charge in [0.2, 0.25) is 0 Å². The number of allylic oxidation sites excluding steroid dienone is 4. The number of carbonyl (C=O) groups excluding carboxylic acids is 2. The van der Waals surface area contributed by atoms with E-state index in [1.54, 1.807) is 0 Å². The minimum absolute atomic E-state index is 0.0630. The molecular formula is C29H31BrO3. The summed E-state index contributed by atoms with van der Waals surface area (Å²) in [6.07, 6.45) is 8.44. The molecule has 172 valence electrons. The molecule has 5 atom stereocenters. The zero-order valence-electron chi connectivity index (χ0n) is 19.4. The van der Waals surface area contributed by atoms with E-state index in [9.17, 15) is 14.7 Å². The van der Waals surface area contributed by atoms with Gasteiger partial charge in [-0.1, -0.05) is 49.6 Å². The first kappa shape index (κ1) is 22.8. The van der Waals surface area contributed by atoms with E-state index in [1.165, 1.54) is 16.7 Å². The van der Waals surface area contributed by atoms with Crippen LogP contribution in [0.5, 0.6) is 0 Å². The van der Waals surface area contributed by atoms with E-state index in [1.807, 2.05) is 37.3 Å². The second-order valence-electron chi connectivity index (χ2n) is 10.5. The summed E-state index contributed by atoms with van der Waals surface area (Å²) in [7, 11) is 0. The van der Waals surface area contributed by atoms with Crippen LogP contribution in [0, 0.1) is 28.0 Å². The minimum atomic E-state index is -0.933. The molecule has 33 heavy (non-hydrogen) atoms. The standard InChI is InChI=1S/C29H31BrO3/c1-3-26(32)19-6-4-18(5-7-19)24-17-21(31)16-20-8-9-22-23(27(20)24)10-12-28(2)25(22)11-13-29(28,33)14-15-30/h4-7,16,22,24-25,33H,3,8-13,17H2,1-2H3/t22-,24+,25+,28+,29-/m1/s1. The number of rotatable bonds is 3. The number of ketones is 2. The lowest BCUT2D eigenvalue weighted by Crippen LogP contribution is -2.49. The van der Waals surface area contributed by atoms with Crippen molar-refractivity contribution in [3.05, 3.63) is 58.2 Å². The zero-order chi connectivity index (χ0) is 23.4. The summed E-state index contributed by atoms with van der Waals surface area (Å²) in [5.74, 6) is 4.36. The molecule has 4 aliphatic carbocycles. The van der Waals surface area contributed by atoms with Crippen molar-refractivity contribution in [2.45, 2.75) is 76.7 Å². The van der Waals surface area contributed by atoms with Crippen LogP contribution >= 0.6 is 15.9 Å². The highest BCUT2D eigenvalue weighted by atomic mass is 79.9. The molecule has 0 amide bonds. The average Bonchev–Trinajstić information content (AvgIpc) is 3.08. The van der Waals surface area contributed by atoms with E-state index in [2.05, 4.69) is 33.6 Å². The fourth-order valence-corrected chi connectivity index (χ4v) is 7.65. The van der Waals surface area contributed by atoms with Crippen molar-refractivity contribution in [1.82, 2.24) is 0 Å². The quantitative estimate of drug-likeness (QED) is 0.388. The van der Waals surface area contributed by atoms with E-state index in [0.717, 1.165) is 49.7 Å². The third kappa shape index (κ3) is 3.51. The van der Waals surface area contributed by atoms with Gasteiger partial charge in [0, 0.05) is 45.7 Å². The van der Waals surface area contributed by atoms with Gasteiger partial charge in [0.05, 0.1) is 0 Å². The highest BCUT2D eigenvalue weighted by Crippen LogP contribution is 2.64. The van der Waals surface area contributed by atoms with Gasteiger partial charge < -0.3 is 5.11 Å². The van der Waals surface area contributed by atoms with Crippen LogP contribution in [0.25, 0.3) is 0 Å². The van der Waals surface area contributed by atoms with Gasteiger partial charge in [0.25, 0.3) is 0 Å². The van der Waals surface area contributed by atoms with Crippen molar-refractivity contribution in [1.29, 1.82) is 0 Å². The third-order valence-electron chi connectivity index (χ3n) is 9.14. The number of hydrogen-bond acceptors (Lipinski definition) is 3. The fraction of sp³-hybridized carbons (Fsp3) is 0.517. The minimum Gasteiger partial charge on any atom is -0.377 e. The lowest BCUT2D eigenvalue weighted by molar-refractivity contribution is -0.115. The summed E-state index contributed by atoms with van der Waals surface area (Å²) in [4.78, 5) is 27.6. The molecule has 2 fully saturated rings. The van der Waals surface area contributed by atoms with Crippen LogP contribution in [0.2, 0.25) is 0 Å². The Bertz CT molecular complexity index is 1130. The molecule has 4 aliphatic rings. The number of fused-ring (bicyclic) bond motifs is 4. The van der Waals surface area contributed by atoms with Crippen LogP contribution < -0.4 is 0 Å². The number of Topliss-reactive ketones (excluding diaryl/α,β-unsaturated/α-hetero) is 1. The molecule has 0 aliphatic heterocycles. The molecule has 1 aromatic rings. The first-order valence-corrected chi connectivity index (χ1v) is 13.1. The van der Waals surface area contributed by atoms with Gasteiger partial charge in [0.15, 0.2) is 11.6 Å². The van der Waals surface area contributed by atoms with Crippen molar-refractivity contribution in [2.75, 3.05) is 0 Å². The van der Waals surface area contributed by atoms with Gasteiger partial charge in [-0.2, -0.15) is 0 Å². The highest BCUT2D eigenvalue weighted by molar-refractivity contribution is 9.12. The maximum Gasteiger partial charge on any atom is 0.162 e. The summed E-state index contributed by atoms with van der Waals surface area (Å²) >= 11 is 3.22. The number of hydrogen-bond donors (Lipinski definition) is 1. The summed E-state index contributed by atoms with van der Waals surface area (Å²) in [5.41, 5.74) is 4.84. The Hall–Kier alpha value is -1.96.